The molecule has 0 bridgehead atoms. The molecule has 0 unspecified atom stereocenters. The molecular weight excluding hydrogens is 145 g/mol. The number of aromatic nitrogens is 2. The lowest BCUT2D eigenvalue weighted by Crippen LogP contribution is -2.07. The Morgan fingerprint density at radius 1 is 1.45 bits per heavy atom. The van der Waals surface area contributed by atoms with Crippen LogP contribution in [0, 0.1) is 5.82 Å². The maximum absolute atomic E-state index is 12.6. The highest BCUT2D eigenvalue weighted by atomic mass is 19.1. The summed E-state index contributed by atoms with van der Waals surface area (Å²) in [6.07, 6.45) is 1.63. The van der Waals surface area contributed by atoms with E-state index < -0.39 is 0 Å². The van der Waals surface area contributed by atoms with E-state index in [1.54, 1.807) is 12.3 Å². The van der Waals surface area contributed by atoms with Gasteiger partial charge in [0.05, 0.1) is 11.7 Å². The average Bonchev–Trinajstić information content (AvgIpc) is 2.27. The van der Waals surface area contributed by atoms with Crippen molar-refractivity contribution >= 4 is 10.9 Å². The van der Waals surface area contributed by atoms with E-state index in [1.165, 1.54) is 16.9 Å². The van der Waals surface area contributed by atoms with Crippen LogP contribution in [0.4, 0.5) is 4.39 Å². The van der Waals surface area contributed by atoms with E-state index in [0.717, 1.165) is 5.39 Å². The van der Waals surface area contributed by atoms with Crippen LogP contribution < -0.4 is 5.84 Å². The Bertz CT molecular complexity index is 393. The van der Waals surface area contributed by atoms with Crippen molar-refractivity contribution in [2.24, 2.45) is 0 Å². The van der Waals surface area contributed by atoms with E-state index in [2.05, 4.69) is 5.10 Å². The molecule has 1 aromatic heterocycles. The van der Waals surface area contributed by atoms with Crippen molar-refractivity contribution < 1.29 is 4.39 Å². The molecule has 11 heavy (non-hydrogen) atoms. The number of nitrogens with two attached hydrogens (primary N) is 1. The second-order valence-electron chi connectivity index (χ2n) is 2.31. The van der Waals surface area contributed by atoms with Gasteiger partial charge in [0.15, 0.2) is 0 Å². The molecule has 2 aromatic rings. The Morgan fingerprint density at radius 3 is 3.09 bits per heavy atom. The van der Waals surface area contributed by atoms with Crippen LogP contribution in [0.1, 0.15) is 0 Å². The topological polar surface area (TPSA) is 43.8 Å². The van der Waals surface area contributed by atoms with E-state index >= 15 is 0 Å². The van der Waals surface area contributed by atoms with Crippen molar-refractivity contribution in [2.75, 3.05) is 5.84 Å². The van der Waals surface area contributed by atoms with Gasteiger partial charge in [-0.25, -0.2) is 4.39 Å². The van der Waals surface area contributed by atoms with Crippen LogP contribution in [0.5, 0.6) is 0 Å². The van der Waals surface area contributed by atoms with Crippen molar-refractivity contribution in [2.45, 2.75) is 0 Å². The summed E-state index contributed by atoms with van der Waals surface area (Å²) < 4.78 is 12.6. The molecule has 0 aliphatic rings. The summed E-state index contributed by atoms with van der Waals surface area (Å²) in [5.41, 5.74) is 0.576. The molecule has 0 saturated heterocycles. The minimum absolute atomic E-state index is 0.295. The largest absolute Gasteiger partial charge is 0.323 e. The Morgan fingerprint density at radius 2 is 2.27 bits per heavy atom. The molecule has 4 heteroatoms. The fourth-order valence-electron chi connectivity index (χ4n) is 1.01. The predicted molar refractivity (Wildman–Crippen MR) is 39.8 cm³/mol. The standard InChI is InChI=1S/C7H6FN3/c8-6-2-1-5-4-11(9)10-7(5)3-6/h1-4H,9H2. The van der Waals surface area contributed by atoms with Crippen LogP contribution in [-0.4, -0.2) is 9.89 Å². The van der Waals surface area contributed by atoms with Gasteiger partial charge in [-0.1, -0.05) is 0 Å². The lowest BCUT2D eigenvalue weighted by atomic mass is 10.2. The lowest BCUT2D eigenvalue weighted by molar-refractivity contribution is 0.629. The number of benzene rings is 1. The van der Waals surface area contributed by atoms with Crippen LogP contribution >= 0.6 is 0 Å². The van der Waals surface area contributed by atoms with Gasteiger partial charge in [-0.3, -0.25) is 0 Å². The number of hydrogen-bond acceptors (Lipinski definition) is 2. The third-order valence-electron chi connectivity index (χ3n) is 1.49. The lowest BCUT2D eigenvalue weighted by Gasteiger charge is -1.85. The summed E-state index contributed by atoms with van der Waals surface area (Å²) in [4.78, 5) is 1.17. The minimum Gasteiger partial charge on any atom is -0.323 e. The molecule has 0 spiro atoms. The van der Waals surface area contributed by atoms with Crippen molar-refractivity contribution in [1.82, 2.24) is 9.89 Å². The van der Waals surface area contributed by atoms with Crippen molar-refractivity contribution in [1.29, 1.82) is 0 Å². The van der Waals surface area contributed by atoms with E-state index in [4.69, 9.17) is 5.84 Å². The van der Waals surface area contributed by atoms with E-state index in [-0.39, 0.29) is 5.82 Å². The monoisotopic (exact) mass is 151 g/mol. The van der Waals surface area contributed by atoms with Gasteiger partial charge in [-0.15, -0.1) is 0 Å². The van der Waals surface area contributed by atoms with E-state index in [1.807, 2.05) is 0 Å². The molecule has 0 radical (unpaired) electrons. The van der Waals surface area contributed by atoms with Crippen LogP contribution in [0.25, 0.3) is 10.9 Å². The van der Waals surface area contributed by atoms with Crippen LogP contribution in [0.2, 0.25) is 0 Å². The van der Waals surface area contributed by atoms with Gasteiger partial charge >= 0.3 is 0 Å². The maximum Gasteiger partial charge on any atom is 0.125 e. The maximum atomic E-state index is 12.6. The second-order valence-corrected chi connectivity index (χ2v) is 2.31. The van der Waals surface area contributed by atoms with Crippen LogP contribution in [0.3, 0.4) is 0 Å². The highest BCUT2D eigenvalue weighted by Gasteiger charge is 1.98. The molecule has 0 aliphatic carbocycles. The van der Waals surface area contributed by atoms with E-state index in [0.29, 0.717) is 5.52 Å². The van der Waals surface area contributed by atoms with Gasteiger partial charge in [0, 0.05) is 11.5 Å². The summed E-state index contributed by atoms with van der Waals surface area (Å²) in [5, 5.41) is 4.67. The molecule has 3 nitrogen and oxygen atoms in total. The van der Waals surface area contributed by atoms with Gasteiger partial charge in [-0.2, -0.15) is 9.89 Å². The van der Waals surface area contributed by atoms with Crippen molar-refractivity contribution in [3.8, 4) is 0 Å². The van der Waals surface area contributed by atoms with Gasteiger partial charge in [-0.05, 0) is 12.1 Å². The van der Waals surface area contributed by atoms with Crippen LogP contribution in [-0.2, 0) is 0 Å². The van der Waals surface area contributed by atoms with Crippen molar-refractivity contribution in [3.05, 3.63) is 30.2 Å². The van der Waals surface area contributed by atoms with Crippen LogP contribution in [0.15, 0.2) is 24.4 Å². The third kappa shape index (κ3) is 0.920. The highest BCUT2D eigenvalue weighted by Crippen LogP contribution is 2.11. The summed E-state index contributed by atoms with van der Waals surface area (Å²) in [6, 6.07) is 4.36. The normalized spacial score (nSPS) is 10.6. The molecule has 1 aromatic carbocycles. The highest BCUT2D eigenvalue weighted by molar-refractivity contribution is 5.77. The third-order valence-corrected chi connectivity index (χ3v) is 1.49. The first-order chi connectivity index (χ1) is 5.25. The molecule has 1 heterocycles. The summed E-state index contributed by atoms with van der Waals surface area (Å²) in [5.74, 6) is 5.03. The molecule has 0 saturated carbocycles. The molecular formula is C7H6FN3. The Hall–Kier alpha value is -1.58. The van der Waals surface area contributed by atoms with Crippen molar-refractivity contribution in [3.63, 3.8) is 0 Å². The number of fused-ring (bicyclic) bond motifs is 1. The zero-order valence-corrected chi connectivity index (χ0v) is 5.66. The zero-order valence-electron chi connectivity index (χ0n) is 5.66. The smallest absolute Gasteiger partial charge is 0.125 e. The molecule has 56 valence electrons. The number of hydrogen-bond donors (Lipinski definition) is 1. The summed E-state index contributed by atoms with van der Waals surface area (Å²) in [6.45, 7) is 0. The number of rotatable bonds is 0. The zero-order chi connectivity index (χ0) is 7.84. The van der Waals surface area contributed by atoms with Gasteiger partial charge in [0.2, 0.25) is 0 Å². The molecule has 0 amide bonds. The second kappa shape index (κ2) is 1.95. The average molecular weight is 151 g/mol. The first-order valence-corrected chi connectivity index (χ1v) is 3.16. The Labute approximate surface area is 62.2 Å². The molecule has 0 fully saturated rings. The minimum atomic E-state index is -0.295. The quantitative estimate of drug-likeness (QED) is 0.568. The first kappa shape index (κ1) is 6.15. The van der Waals surface area contributed by atoms with Gasteiger partial charge in [0.25, 0.3) is 0 Å². The number of halogens is 1. The SMILES string of the molecule is Nn1cc2ccc(F)cc2n1. The molecule has 2 rings (SSSR count). The predicted octanol–water partition coefficient (Wildman–Crippen LogP) is 0.889. The molecule has 0 atom stereocenters. The summed E-state index contributed by atoms with van der Waals surface area (Å²) >= 11 is 0. The summed E-state index contributed by atoms with van der Waals surface area (Å²) in [7, 11) is 0. The Balaban J connectivity index is 2.82. The molecule has 0 aliphatic heterocycles. The number of nitrogen functional groups attached to an aromatic ring is 1. The number of nitrogens with zero attached hydrogens (tertiary/aromatic N) is 2. The Kier molecular flexibility index (Phi) is 1.09. The van der Waals surface area contributed by atoms with Gasteiger partial charge in [0.1, 0.15) is 5.82 Å². The molecule has 2 N–H and O–H groups in total. The fraction of sp³-hybridized carbons (Fsp3) is 0. The van der Waals surface area contributed by atoms with Gasteiger partial charge < -0.3 is 5.84 Å². The fourth-order valence-corrected chi connectivity index (χ4v) is 1.01. The van der Waals surface area contributed by atoms with E-state index in [9.17, 15) is 4.39 Å². The first-order valence-electron chi connectivity index (χ1n) is 3.16.